The lowest BCUT2D eigenvalue weighted by atomic mass is 9.95. The van der Waals surface area contributed by atoms with E-state index >= 15 is 0 Å². The molecule has 2 aliphatic rings. The highest BCUT2D eigenvalue weighted by molar-refractivity contribution is 5.89. The Morgan fingerprint density at radius 1 is 1.38 bits per heavy atom. The number of hydrogen-bond donors (Lipinski definition) is 2. The molecule has 2 N–H and O–H groups in total. The third-order valence-electron chi connectivity index (χ3n) is 3.44. The molecule has 0 radical (unpaired) electrons. The van der Waals surface area contributed by atoms with Crippen molar-refractivity contribution in [1.82, 2.24) is 5.32 Å². The van der Waals surface area contributed by atoms with Crippen molar-refractivity contribution >= 4 is 11.9 Å². The third kappa shape index (κ3) is 2.04. The Kier molecular flexibility index (Phi) is 2.88. The van der Waals surface area contributed by atoms with Crippen LogP contribution >= 0.6 is 0 Å². The molecule has 0 aromatic heterocycles. The number of rotatable bonds is 4. The van der Waals surface area contributed by atoms with E-state index in [-0.39, 0.29) is 11.8 Å². The normalized spacial score (nSPS) is 28.4. The van der Waals surface area contributed by atoms with Gasteiger partial charge in [-0.05, 0) is 38.5 Å². The number of aliphatic carboxylic acids is 1. The average Bonchev–Trinajstić information content (AvgIpc) is 2.94. The highest BCUT2D eigenvalue weighted by Crippen LogP contribution is 2.39. The second-order valence-corrected chi connectivity index (χ2v) is 4.77. The smallest absolute Gasteiger partial charge is 0.329 e. The molecule has 1 amide bonds. The molecule has 0 aromatic rings. The first-order chi connectivity index (χ1) is 7.54. The molecule has 1 saturated carbocycles. The average molecular weight is 227 g/mol. The van der Waals surface area contributed by atoms with E-state index in [9.17, 15) is 14.7 Å². The van der Waals surface area contributed by atoms with Gasteiger partial charge in [0.15, 0.2) is 0 Å². The zero-order chi connectivity index (χ0) is 11.8. The van der Waals surface area contributed by atoms with Crippen LogP contribution in [0.15, 0.2) is 0 Å². The maximum absolute atomic E-state index is 11.8. The number of carboxylic acids is 1. The van der Waals surface area contributed by atoms with Crippen LogP contribution in [0.5, 0.6) is 0 Å². The Bertz CT molecular complexity index is 307. The highest BCUT2D eigenvalue weighted by Gasteiger charge is 2.49. The minimum atomic E-state index is -1.12. The van der Waals surface area contributed by atoms with Gasteiger partial charge in [-0.15, -0.1) is 0 Å². The first-order valence-electron chi connectivity index (χ1n) is 5.71. The molecule has 0 spiro atoms. The number of ether oxygens (including phenoxy) is 1. The number of carbonyl (C=O) groups is 2. The number of hydrogen-bond acceptors (Lipinski definition) is 3. The molecule has 1 saturated heterocycles. The molecule has 1 aliphatic heterocycles. The van der Waals surface area contributed by atoms with Gasteiger partial charge < -0.3 is 15.2 Å². The van der Waals surface area contributed by atoms with Crippen LogP contribution < -0.4 is 5.32 Å². The first-order valence-corrected chi connectivity index (χ1v) is 5.71. The van der Waals surface area contributed by atoms with Gasteiger partial charge in [-0.25, -0.2) is 4.79 Å². The molecule has 5 heteroatoms. The minimum Gasteiger partial charge on any atom is -0.480 e. The summed E-state index contributed by atoms with van der Waals surface area (Å²) in [5.41, 5.74) is -1.12. The van der Waals surface area contributed by atoms with Crippen molar-refractivity contribution in [2.75, 3.05) is 6.61 Å². The van der Waals surface area contributed by atoms with E-state index in [4.69, 9.17) is 4.74 Å². The lowest BCUT2D eigenvalue weighted by molar-refractivity contribution is -0.149. The molecular weight excluding hydrogens is 210 g/mol. The summed E-state index contributed by atoms with van der Waals surface area (Å²) in [4.78, 5) is 23.0. The molecule has 1 aliphatic carbocycles. The zero-order valence-electron chi connectivity index (χ0n) is 9.36. The number of nitrogens with one attached hydrogen (secondary N) is 1. The number of amides is 1. The lowest BCUT2D eigenvalue weighted by Gasteiger charge is -2.27. The fraction of sp³-hybridized carbons (Fsp3) is 0.818. The van der Waals surface area contributed by atoms with E-state index in [0.29, 0.717) is 13.0 Å². The molecule has 0 aromatic carbocycles. The summed E-state index contributed by atoms with van der Waals surface area (Å²) < 4.78 is 5.24. The molecule has 1 heterocycles. The predicted molar refractivity (Wildman–Crippen MR) is 55.9 cm³/mol. The second-order valence-electron chi connectivity index (χ2n) is 4.77. The van der Waals surface area contributed by atoms with Gasteiger partial charge in [0, 0.05) is 6.61 Å². The van der Waals surface area contributed by atoms with Crippen molar-refractivity contribution in [3.8, 4) is 0 Å². The van der Waals surface area contributed by atoms with Crippen LogP contribution in [0.4, 0.5) is 0 Å². The van der Waals surface area contributed by atoms with Gasteiger partial charge in [-0.2, -0.15) is 0 Å². The van der Waals surface area contributed by atoms with Gasteiger partial charge in [-0.1, -0.05) is 0 Å². The Hall–Kier alpha value is -1.10. The Morgan fingerprint density at radius 2 is 2.06 bits per heavy atom. The quantitative estimate of drug-likeness (QED) is 0.734. The number of carbonyl (C=O) groups excluding carboxylic acids is 1. The summed E-state index contributed by atoms with van der Waals surface area (Å²) >= 11 is 0. The first kappa shape index (κ1) is 11.4. The summed E-state index contributed by atoms with van der Waals surface area (Å²) in [5.74, 6) is -1.18. The lowest BCUT2D eigenvalue weighted by Crippen LogP contribution is -2.56. The van der Waals surface area contributed by atoms with Crippen molar-refractivity contribution in [3.05, 3.63) is 0 Å². The van der Waals surface area contributed by atoms with Gasteiger partial charge in [0.1, 0.15) is 11.6 Å². The van der Waals surface area contributed by atoms with E-state index < -0.39 is 17.6 Å². The topological polar surface area (TPSA) is 75.6 Å². The molecular formula is C11H17NO4. The summed E-state index contributed by atoms with van der Waals surface area (Å²) in [6, 6.07) is 0. The number of carboxylic acid groups (broad SMARTS) is 1. The third-order valence-corrected chi connectivity index (χ3v) is 3.44. The maximum Gasteiger partial charge on any atom is 0.329 e. The van der Waals surface area contributed by atoms with Crippen LogP contribution in [0, 0.1) is 5.92 Å². The van der Waals surface area contributed by atoms with Crippen LogP contribution in [0.3, 0.4) is 0 Å². The zero-order valence-corrected chi connectivity index (χ0v) is 9.36. The monoisotopic (exact) mass is 227 g/mol. The fourth-order valence-corrected chi connectivity index (χ4v) is 2.11. The summed E-state index contributed by atoms with van der Waals surface area (Å²) in [5, 5.41) is 11.8. The largest absolute Gasteiger partial charge is 0.480 e. The molecule has 90 valence electrons. The van der Waals surface area contributed by atoms with Gasteiger partial charge in [-0.3, -0.25) is 4.79 Å². The Morgan fingerprint density at radius 3 is 2.50 bits per heavy atom. The van der Waals surface area contributed by atoms with Crippen LogP contribution in [-0.4, -0.2) is 35.2 Å². The van der Waals surface area contributed by atoms with Gasteiger partial charge in [0.05, 0.1) is 0 Å². The van der Waals surface area contributed by atoms with Gasteiger partial charge >= 0.3 is 5.97 Å². The van der Waals surface area contributed by atoms with E-state index in [1.54, 1.807) is 6.92 Å². The molecule has 2 atom stereocenters. The SMILES string of the molecule is CC(NC(=O)C1CCCO1)(C(=O)O)C1CC1. The molecule has 16 heavy (non-hydrogen) atoms. The minimum absolute atomic E-state index is 0.0651. The standard InChI is InChI=1S/C11H17NO4/c1-11(10(14)15,7-4-5-7)12-9(13)8-3-2-6-16-8/h7-8H,2-6H2,1H3,(H,12,13)(H,14,15). The molecule has 2 fully saturated rings. The van der Waals surface area contributed by atoms with Crippen LogP contribution in [-0.2, 0) is 14.3 Å². The van der Waals surface area contributed by atoms with Crippen LogP contribution in [0.25, 0.3) is 0 Å². The van der Waals surface area contributed by atoms with E-state index in [0.717, 1.165) is 19.3 Å². The summed E-state index contributed by atoms with van der Waals surface area (Å²) in [6.07, 6.45) is 2.83. The van der Waals surface area contributed by atoms with Crippen molar-refractivity contribution < 1.29 is 19.4 Å². The maximum atomic E-state index is 11.8. The summed E-state index contributed by atoms with van der Waals surface area (Å²) in [6.45, 7) is 2.17. The predicted octanol–water partition coefficient (Wildman–Crippen LogP) is 0.535. The fourth-order valence-electron chi connectivity index (χ4n) is 2.11. The van der Waals surface area contributed by atoms with Gasteiger partial charge in [0.2, 0.25) is 5.91 Å². The van der Waals surface area contributed by atoms with Gasteiger partial charge in [0.25, 0.3) is 0 Å². The van der Waals surface area contributed by atoms with E-state index in [1.165, 1.54) is 0 Å². The Balaban J connectivity index is 2.00. The second kappa shape index (κ2) is 4.05. The van der Waals surface area contributed by atoms with Crippen molar-refractivity contribution in [2.45, 2.75) is 44.2 Å². The Labute approximate surface area is 94.2 Å². The van der Waals surface area contributed by atoms with Crippen molar-refractivity contribution in [1.29, 1.82) is 0 Å². The molecule has 0 bridgehead atoms. The molecule has 2 rings (SSSR count). The molecule has 2 unspecified atom stereocenters. The van der Waals surface area contributed by atoms with Crippen LogP contribution in [0.2, 0.25) is 0 Å². The van der Waals surface area contributed by atoms with Crippen LogP contribution in [0.1, 0.15) is 32.6 Å². The van der Waals surface area contributed by atoms with Crippen molar-refractivity contribution in [3.63, 3.8) is 0 Å². The molecule has 5 nitrogen and oxygen atoms in total. The van der Waals surface area contributed by atoms with Crippen molar-refractivity contribution in [2.24, 2.45) is 5.92 Å². The van der Waals surface area contributed by atoms with E-state index in [1.807, 2.05) is 0 Å². The van der Waals surface area contributed by atoms with E-state index in [2.05, 4.69) is 5.32 Å². The highest BCUT2D eigenvalue weighted by atomic mass is 16.5. The summed E-state index contributed by atoms with van der Waals surface area (Å²) in [7, 11) is 0.